The van der Waals surface area contributed by atoms with Gasteiger partial charge in [-0.15, -0.1) is 0 Å². The quantitative estimate of drug-likeness (QED) is 0.612. The normalized spacial score (nSPS) is 15.2. The number of aliphatic imine (C=N–C) groups is 1. The second-order valence-electron chi connectivity index (χ2n) is 5.77. The van der Waals surface area contributed by atoms with Crippen LogP contribution in [0.5, 0.6) is 0 Å². The fourth-order valence-electron chi connectivity index (χ4n) is 2.70. The number of thiophene rings is 1. The number of nitrogens with one attached hydrogen (secondary N) is 2. The first kappa shape index (κ1) is 17.7. The third-order valence-electron chi connectivity index (χ3n) is 3.97. The van der Waals surface area contributed by atoms with E-state index in [4.69, 9.17) is 4.74 Å². The molecular weight excluding hydrogens is 334 g/mol. The topological polar surface area (TPSA) is 61.8 Å². The molecule has 0 saturated carbocycles. The molecule has 0 bridgehead atoms. The molecule has 25 heavy (non-hydrogen) atoms. The van der Waals surface area contributed by atoms with Crippen molar-refractivity contribution in [3.05, 3.63) is 46.3 Å². The number of pyridine rings is 1. The van der Waals surface area contributed by atoms with Crippen molar-refractivity contribution >= 4 is 23.1 Å². The van der Waals surface area contributed by atoms with Crippen LogP contribution in [0, 0.1) is 0 Å². The number of ether oxygens (including phenoxy) is 1. The first-order valence-electron chi connectivity index (χ1n) is 8.66. The summed E-state index contributed by atoms with van der Waals surface area (Å²) >= 11 is 1.70. The van der Waals surface area contributed by atoms with Crippen LogP contribution >= 0.6 is 11.3 Å². The Morgan fingerprint density at radius 1 is 1.32 bits per heavy atom. The van der Waals surface area contributed by atoms with E-state index in [-0.39, 0.29) is 0 Å². The molecule has 134 valence electrons. The first-order valence-corrected chi connectivity index (χ1v) is 9.61. The predicted octanol–water partition coefficient (Wildman–Crippen LogP) is 2.24. The van der Waals surface area contributed by atoms with Crippen molar-refractivity contribution in [2.45, 2.75) is 20.0 Å². The number of nitrogens with zero attached hydrogens (tertiary/aromatic N) is 3. The van der Waals surface area contributed by atoms with Gasteiger partial charge in [0.1, 0.15) is 5.82 Å². The third-order valence-corrected chi connectivity index (χ3v) is 4.70. The van der Waals surface area contributed by atoms with Crippen molar-refractivity contribution in [2.75, 3.05) is 37.7 Å². The molecule has 0 radical (unpaired) electrons. The molecule has 0 atom stereocenters. The Kier molecular flexibility index (Phi) is 6.64. The van der Waals surface area contributed by atoms with Gasteiger partial charge < -0.3 is 20.3 Å². The highest BCUT2D eigenvalue weighted by Crippen LogP contribution is 2.18. The van der Waals surface area contributed by atoms with Crippen LogP contribution in [-0.4, -0.2) is 43.8 Å². The van der Waals surface area contributed by atoms with E-state index in [2.05, 4.69) is 55.3 Å². The fourth-order valence-corrected chi connectivity index (χ4v) is 3.36. The van der Waals surface area contributed by atoms with Crippen molar-refractivity contribution in [1.82, 2.24) is 15.6 Å². The summed E-state index contributed by atoms with van der Waals surface area (Å²) in [6.45, 7) is 7.57. The zero-order valence-electron chi connectivity index (χ0n) is 14.6. The lowest BCUT2D eigenvalue weighted by Gasteiger charge is -2.29. The van der Waals surface area contributed by atoms with Crippen LogP contribution in [0.4, 0.5) is 5.82 Å². The van der Waals surface area contributed by atoms with E-state index < -0.39 is 0 Å². The van der Waals surface area contributed by atoms with Gasteiger partial charge in [-0.3, -0.25) is 0 Å². The smallest absolute Gasteiger partial charge is 0.191 e. The largest absolute Gasteiger partial charge is 0.378 e. The molecule has 0 unspecified atom stereocenters. The lowest BCUT2D eigenvalue weighted by molar-refractivity contribution is 0.122. The molecule has 3 heterocycles. The highest BCUT2D eigenvalue weighted by molar-refractivity contribution is 7.07. The summed E-state index contributed by atoms with van der Waals surface area (Å²) in [6.07, 6.45) is 1.85. The maximum absolute atomic E-state index is 5.45. The van der Waals surface area contributed by atoms with Gasteiger partial charge in [0.15, 0.2) is 5.96 Å². The van der Waals surface area contributed by atoms with Crippen LogP contribution in [0.3, 0.4) is 0 Å². The minimum Gasteiger partial charge on any atom is -0.378 e. The summed E-state index contributed by atoms with van der Waals surface area (Å²) < 4.78 is 5.45. The number of hydrogen-bond acceptors (Lipinski definition) is 5. The van der Waals surface area contributed by atoms with E-state index in [0.29, 0.717) is 13.1 Å². The number of morpholine rings is 1. The summed E-state index contributed by atoms with van der Waals surface area (Å²) in [6, 6.07) is 6.21. The van der Waals surface area contributed by atoms with Crippen molar-refractivity contribution in [3.63, 3.8) is 0 Å². The van der Waals surface area contributed by atoms with Gasteiger partial charge in [-0.2, -0.15) is 11.3 Å². The molecule has 3 rings (SSSR count). The summed E-state index contributed by atoms with van der Waals surface area (Å²) in [5.74, 6) is 1.86. The first-order chi connectivity index (χ1) is 12.4. The van der Waals surface area contributed by atoms with E-state index in [1.165, 1.54) is 11.1 Å². The van der Waals surface area contributed by atoms with E-state index in [1.54, 1.807) is 11.3 Å². The molecule has 0 aromatic carbocycles. The molecule has 7 heteroatoms. The lowest BCUT2D eigenvalue weighted by atomic mass is 10.2. The Morgan fingerprint density at radius 2 is 2.20 bits per heavy atom. The Bertz CT molecular complexity index is 668. The van der Waals surface area contributed by atoms with Crippen LogP contribution in [-0.2, 0) is 17.8 Å². The highest BCUT2D eigenvalue weighted by atomic mass is 32.1. The average Bonchev–Trinajstić information content (AvgIpc) is 3.18. The molecule has 6 nitrogen and oxygen atoms in total. The molecule has 1 aliphatic rings. The Balaban J connectivity index is 1.65. The van der Waals surface area contributed by atoms with Crippen LogP contribution in [0.1, 0.15) is 18.1 Å². The highest BCUT2D eigenvalue weighted by Gasteiger charge is 2.15. The summed E-state index contributed by atoms with van der Waals surface area (Å²) in [7, 11) is 0. The van der Waals surface area contributed by atoms with Gasteiger partial charge in [0.25, 0.3) is 0 Å². The minimum atomic E-state index is 0.683. The summed E-state index contributed by atoms with van der Waals surface area (Å²) in [5.41, 5.74) is 2.41. The van der Waals surface area contributed by atoms with Crippen LogP contribution in [0.2, 0.25) is 0 Å². The summed E-state index contributed by atoms with van der Waals surface area (Å²) in [5, 5.41) is 10.9. The molecule has 0 amide bonds. The average molecular weight is 359 g/mol. The lowest BCUT2D eigenvalue weighted by Crippen LogP contribution is -2.39. The predicted molar refractivity (Wildman–Crippen MR) is 103 cm³/mol. The standard InChI is InChI=1S/C18H25N5OS/c1-2-19-18(21-12-15-5-11-25-14-15)22-13-16-4-3-6-20-17(16)23-7-9-24-10-8-23/h3-6,11,14H,2,7-10,12-13H2,1H3,(H2,19,21,22). The van der Waals surface area contributed by atoms with Gasteiger partial charge >= 0.3 is 0 Å². The third kappa shape index (κ3) is 5.17. The monoisotopic (exact) mass is 359 g/mol. The minimum absolute atomic E-state index is 0.683. The molecule has 1 saturated heterocycles. The molecular formula is C18H25N5OS. The zero-order chi connectivity index (χ0) is 17.3. The number of aromatic nitrogens is 1. The molecule has 2 aromatic rings. The van der Waals surface area contributed by atoms with Gasteiger partial charge in [-0.1, -0.05) is 6.07 Å². The fraction of sp³-hybridized carbons (Fsp3) is 0.444. The zero-order valence-corrected chi connectivity index (χ0v) is 15.4. The number of guanidine groups is 1. The molecule has 2 N–H and O–H groups in total. The maximum Gasteiger partial charge on any atom is 0.191 e. The summed E-state index contributed by atoms with van der Waals surface area (Å²) in [4.78, 5) is 11.5. The maximum atomic E-state index is 5.45. The Hall–Kier alpha value is -2.12. The molecule has 0 aliphatic carbocycles. The molecule has 2 aromatic heterocycles. The SMILES string of the molecule is CCNC(=NCc1ccsc1)NCc1cccnc1N1CCOCC1. The van der Waals surface area contributed by atoms with Gasteiger partial charge in [-0.25, -0.2) is 9.98 Å². The number of hydrogen-bond donors (Lipinski definition) is 2. The number of rotatable bonds is 6. The van der Waals surface area contributed by atoms with E-state index >= 15 is 0 Å². The van der Waals surface area contributed by atoms with Gasteiger partial charge in [0.05, 0.1) is 19.8 Å². The second-order valence-corrected chi connectivity index (χ2v) is 6.55. The Labute approximate surface area is 152 Å². The molecule has 0 spiro atoms. The van der Waals surface area contributed by atoms with Crippen LogP contribution < -0.4 is 15.5 Å². The van der Waals surface area contributed by atoms with Gasteiger partial charge in [0.2, 0.25) is 0 Å². The van der Waals surface area contributed by atoms with Gasteiger partial charge in [0, 0.05) is 37.9 Å². The Morgan fingerprint density at radius 3 is 2.96 bits per heavy atom. The van der Waals surface area contributed by atoms with Crippen LogP contribution in [0.25, 0.3) is 0 Å². The second kappa shape index (κ2) is 9.39. The van der Waals surface area contributed by atoms with Crippen molar-refractivity contribution < 1.29 is 4.74 Å². The molecule has 1 aliphatic heterocycles. The van der Waals surface area contributed by atoms with Crippen molar-refractivity contribution in [3.8, 4) is 0 Å². The van der Waals surface area contributed by atoms with E-state index in [0.717, 1.165) is 44.6 Å². The van der Waals surface area contributed by atoms with Crippen molar-refractivity contribution in [1.29, 1.82) is 0 Å². The van der Waals surface area contributed by atoms with E-state index in [9.17, 15) is 0 Å². The van der Waals surface area contributed by atoms with Gasteiger partial charge in [-0.05, 0) is 35.4 Å². The number of anilines is 1. The van der Waals surface area contributed by atoms with E-state index in [1.807, 2.05) is 12.3 Å². The van der Waals surface area contributed by atoms with Crippen molar-refractivity contribution in [2.24, 2.45) is 4.99 Å². The van der Waals surface area contributed by atoms with Crippen LogP contribution in [0.15, 0.2) is 40.1 Å². The molecule has 1 fully saturated rings.